The first-order valence-electron chi connectivity index (χ1n) is 10.5. The number of rotatable bonds is 12. The Morgan fingerprint density at radius 3 is 1.49 bits per heavy atom. The summed E-state index contributed by atoms with van der Waals surface area (Å²) in [4.78, 5) is 41.6. The topological polar surface area (TPSA) is 191 Å². The van der Waals surface area contributed by atoms with E-state index >= 15 is 0 Å². The van der Waals surface area contributed by atoms with Gasteiger partial charge in [0.05, 0.1) is 68.5 Å². The molecule has 1 aromatic rings. The molecule has 0 aromatic heterocycles. The van der Waals surface area contributed by atoms with Gasteiger partial charge < -0.3 is 45.8 Å². The van der Waals surface area contributed by atoms with E-state index in [0.717, 1.165) is 0 Å². The maximum atomic E-state index is 13.3. The second-order valence-corrected chi connectivity index (χ2v) is 10.1. The highest BCUT2D eigenvalue weighted by Gasteiger charge is 2.31. The average Bonchev–Trinajstić information content (AvgIpc) is 2.81. The minimum atomic E-state index is -1.19. The number of hydrogen-bond acceptors (Lipinski definition) is 9. The van der Waals surface area contributed by atoms with E-state index in [0.29, 0.717) is 0 Å². The quantitative estimate of drug-likeness (QED) is 0.127. The molecular weight excluding hydrogens is 692 g/mol. The van der Waals surface area contributed by atoms with Gasteiger partial charge in [-0.3, -0.25) is 14.4 Å². The molecule has 0 radical (unpaired) electrons. The SMILES string of the molecule is Cc1c(C(=O)N(C)CC(O)CO)c(I)c(NC(=O)C(CO)CO)c(I)c1C(=O)N(C)CC(O)CO. The Kier molecular flexibility index (Phi) is 13.3. The largest absolute Gasteiger partial charge is 0.395 e. The van der Waals surface area contributed by atoms with Crippen LogP contribution in [0.2, 0.25) is 0 Å². The van der Waals surface area contributed by atoms with Crippen LogP contribution in [0.3, 0.4) is 0 Å². The monoisotopic (exact) mass is 723 g/mol. The van der Waals surface area contributed by atoms with Gasteiger partial charge in [-0.05, 0) is 57.7 Å². The number of halogens is 2. The van der Waals surface area contributed by atoms with Crippen molar-refractivity contribution < 1.29 is 45.0 Å². The number of hydrogen-bond donors (Lipinski definition) is 7. The summed E-state index contributed by atoms with van der Waals surface area (Å²) < 4.78 is 0.579. The van der Waals surface area contributed by atoms with Gasteiger partial charge in [0.15, 0.2) is 0 Å². The Morgan fingerprint density at radius 2 is 1.17 bits per heavy atom. The van der Waals surface area contributed by atoms with Crippen molar-refractivity contribution in [3.05, 3.63) is 23.8 Å². The normalized spacial score (nSPS) is 12.9. The molecule has 12 nitrogen and oxygen atoms in total. The predicted octanol–water partition coefficient (Wildman–Crippen LogP) is -1.41. The van der Waals surface area contributed by atoms with Crippen LogP contribution < -0.4 is 5.32 Å². The highest BCUT2D eigenvalue weighted by atomic mass is 127. The zero-order valence-corrected chi connectivity index (χ0v) is 23.8. The standard InChI is InChI=1S/C21H31I2N3O9/c1-10-14(20(34)25(2)4-12(31)8-29)16(22)18(24-19(33)11(6-27)7-28)17(23)15(10)21(35)26(3)5-13(32)9-30/h11-13,27-32H,4-9H2,1-3H3,(H,24,33). The van der Waals surface area contributed by atoms with E-state index < -0.39 is 62.3 Å². The van der Waals surface area contributed by atoms with Gasteiger partial charge in [-0.1, -0.05) is 0 Å². The molecule has 35 heavy (non-hydrogen) atoms. The first-order chi connectivity index (χ1) is 16.4. The third kappa shape index (κ3) is 7.91. The fourth-order valence-electron chi connectivity index (χ4n) is 3.16. The van der Waals surface area contributed by atoms with Crippen LogP contribution in [0.5, 0.6) is 0 Å². The average molecular weight is 723 g/mol. The van der Waals surface area contributed by atoms with Crippen molar-refractivity contribution in [2.75, 3.05) is 58.9 Å². The molecule has 0 spiro atoms. The molecule has 0 aliphatic rings. The molecule has 0 saturated heterocycles. The summed E-state index contributed by atoms with van der Waals surface area (Å²) in [5.41, 5.74) is 0.534. The van der Waals surface area contributed by atoms with E-state index in [-0.39, 0.29) is 42.6 Å². The summed E-state index contributed by atoms with van der Waals surface area (Å²) in [6.45, 7) is -1.21. The number of aliphatic hydroxyl groups is 6. The van der Waals surface area contributed by atoms with Gasteiger partial charge in [-0.25, -0.2) is 0 Å². The maximum absolute atomic E-state index is 13.3. The van der Waals surface area contributed by atoms with Crippen LogP contribution in [0.4, 0.5) is 5.69 Å². The van der Waals surface area contributed by atoms with Crippen molar-refractivity contribution in [2.45, 2.75) is 19.1 Å². The van der Waals surface area contributed by atoms with Gasteiger partial charge in [0.1, 0.15) is 0 Å². The highest BCUT2D eigenvalue weighted by molar-refractivity contribution is 14.1. The second kappa shape index (κ2) is 14.6. The molecule has 198 valence electrons. The Morgan fingerprint density at radius 1 is 0.800 bits per heavy atom. The van der Waals surface area contributed by atoms with Gasteiger partial charge in [-0.15, -0.1) is 0 Å². The van der Waals surface area contributed by atoms with Crippen molar-refractivity contribution in [3.8, 4) is 0 Å². The number of likely N-dealkylation sites (N-methyl/N-ethyl adjacent to an activating group) is 2. The minimum Gasteiger partial charge on any atom is -0.395 e. The molecular formula is C21H31I2N3O9. The van der Waals surface area contributed by atoms with Gasteiger partial charge >= 0.3 is 0 Å². The lowest BCUT2D eigenvalue weighted by atomic mass is 9.98. The summed E-state index contributed by atoms with van der Waals surface area (Å²) in [5.74, 6) is -3.02. The number of carbonyl (C=O) groups is 3. The predicted molar refractivity (Wildman–Crippen MR) is 143 cm³/mol. The molecule has 3 amide bonds. The van der Waals surface area contributed by atoms with Gasteiger partial charge in [0.2, 0.25) is 5.91 Å². The Hall–Kier alpha value is -1.15. The van der Waals surface area contributed by atoms with Crippen molar-refractivity contribution in [2.24, 2.45) is 5.92 Å². The first-order valence-corrected chi connectivity index (χ1v) is 12.6. The Labute approximate surface area is 230 Å². The summed E-state index contributed by atoms with van der Waals surface area (Å²) in [6.07, 6.45) is -2.38. The smallest absolute Gasteiger partial charge is 0.255 e. The summed E-state index contributed by atoms with van der Waals surface area (Å²) in [6, 6.07) is 0. The number of benzene rings is 1. The van der Waals surface area contributed by atoms with Gasteiger partial charge in [0.25, 0.3) is 11.8 Å². The van der Waals surface area contributed by atoms with E-state index in [9.17, 15) is 34.8 Å². The van der Waals surface area contributed by atoms with E-state index in [1.807, 2.05) is 45.2 Å². The number of aliphatic hydroxyl groups excluding tert-OH is 6. The molecule has 0 fully saturated rings. The van der Waals surface area contributed by atoms with Gasteiger partial charge in [-0.2, -0.15) is 0 Å². The molecule has 1 rings (SSSR count). The van der Waals surface area contributed by atoms with Gasteiger partial charge in [0, 0.05) is 27.2 Å². The zero-order chi connectivity index (χ0) is 27.0. The third-order valence-corrected chi connectivity index (χ3v) is 7.36. The van der Waals surface area contributed by atoms with Crippen molar-refractivity contribution in [3.63, 3.8) is 0 Å². The molecule has 0 aliphatic carbocycles. The molecule has 0 saturated carbocycles. The van der Waals surface area contributed by atoms with E-state index in [2.05, 4.69) is 5.32 Å². The van der Waals surface area contributed by atoms with Crippen molar-refractivity contribution in [1.29, 1.82) is 0 Å². The molecule has 0 bridgehead atoms. The van der Waals surface area contributed by atoms with E-state index in [4.69, 9.17) is 10.2 Å². The van der Waals surface area contributed by atoms with Crippen LogP contribution in [-0.4, -0.2) is 124 Å². The van der Waals surface area contributed by atoms with Crippen LogP contribution in [0.1, 0.15) is 26.3 Å². The summed E-state index contributed by atoms with van der Waals surface area (Å²) in [5, 5.41) is 59.1. The molecule has 1 aromatic carbocycles. The third-order valence-electron chi connectivity index (χ3n) is 5.20. The van der Waals surface area contributed by atoms with Crippen molar-refractivity contribution >= 4 is 68.6 Å². The minimum absolute atomic E-state index is 0.0676. The lowest BCUT2D eigenvalue weighted by molar-refractivity contribution is -0.122. The van der Waals surface area contributed by atoms with E-state index in [1.165, 1.54) is 23.9 Å². The summed E-state index contributed by atoms with van der Waals surface area (Å²) in [7, 11) is 2.82. The first kappa shape index (κ1) is 31.9. The van der Waals surface area contributed by atoms with Crippen LogP contribution >= 0.6 is 45.2 Å². The molecule has 14 heteroatoms. The Bertz CT molecular complexity index is 871. The fraction of sp³-hybridized carbons (Fsp3) is 0.571. The van der Waals surface area contributed by atoms with Crippen molar-refractivity contribution in [1.82, 2.24) is 9.80 Å². The number of anilines is 1. The number of nitrogens with one attached hydrogen (secondary N) is 1. The van der Waals surface area contributed by atoms with Crippen LogP contribution in [0.25, 0.3) is 0 Å². The Balaban J connectivity index is 3.73. The zero-order valence-electron chi connectivity index (χ0n) is 19.5. The fourth-order valence-corrected chi connectivity index (χ4v) is 5.76. The van der Waals surface area contributed by atoms with E-state index in [1.54, 1.807) is 6.92 Å². The number of carbonyl (C=O) groups excluding carboxylic acids is 3. The number of nitrogens with zero attached hydrogens (tertiary/aromatic N) is 2. The second-order valence-electron chi connectivity index (χ2n) is 7.97. The van der Waals surface area contributed by atoms with Crippen LogP contribution in [0.15, 0.2) is 0 Å². The van der Waals surface area contributed by atoms with Crippen LogP contribution in [-0.2, 0) is 4.79 Å². The number of amides is 3. The van der Waals surface area contributed by atoms with Crippen LogP contribution in [0, 0.1) is 20.0 Å². The molecule has 0 aliphatic heterocycles. The highest BCUT2D eigenvalue weighted by Crippen LogP contribution is 2.36. The lowest BCUT2D eigenvalue weighted by Gasteiger charge is -2.27. The maximum Gasteiger partial charge on any atom is 0.255 e. The summed E-state index contributed by atoms with van der Waals surface area (Å²) >= 11 is 3.69. The molecule has 2 atom stereocenters. The molecule has 2 unspecified atom stereocenters. The lowest BCUT2D eigenvalue weighted by Crippen LogP contribution is -2.39. The molecule has 7 N–H and O–H groups in total. The molecule has 0 heterocycles.